The van der Waals surface area contributed by atoms with Crippen LogP contribution < -0.4 is 32.6 Å². The van der Waals surface area contributed by atoms with Crippen molar-refractivity contribution in [3.8, 4) is 0 Å². The molecule has 3 aromatic heterocycles. The van der Waals surface area contributed by atoms with Gasteiger partial charge in [0.25, 0.3) is 11.5 Å². The summed E-state index contributed by atoms with van der Waals surface area (Å²) in [5.41, 5.74) is 11.5. The molecule has 12 nitrogen and oxygen atoms in total. The fraction of sp³-hybridized carbons (Fsp3) is 0.158. The number of nitrogens with zero attached hydrogens (tertiary/aromatic N) is 3. The predicted octanol–water partition coefficient (Wildman–Crippen LogP) is -1.42. The molecule has 0 bridgehead atoms. The second kappa shape index (κ2) is 9.35. The lowest BCUT2D eigenvalue weighted by Gasteiger charge is -2.12. The molecule has 0 saturated carbocycles. The summed E-state index contributed by atoms with van der Waals surface area (Å²) in [6.07, 6.45) is 4.65. The smallest absolute Gasteiger partial charge is 0.389 e. The fourth-order valence-electron chi connectivity index (χ4n) is 2.74. The number of rotatable bonds is 8. The number of carbonyl (C=O) groups is 2. The number of guanidine groups is 1. The van der Waals surface area contributed by atoms with Gasteiger partial charge in [0.1, 0.15) is 6.20 Å². The molecule has 0 aliphatic rings. The number of carboxylic acid groups (broad SMARTS) is 1. The Morgan fingerprint density at radius 2 is 2.10 bits per heavy atom. The van der Waals surface area contributed by atoms with Crippen LogP contribution in [-0.4, -0.2) is 44.9 Å². The first-order valence-electron chi connectivity index (χ1n) is 9.14. The third kappa shape index (κ3) is 5.53. The van der Waals surface area contributed by atoms with E-state index < -0.39 is 23.5 Å². The number of fused-ring (bicyclic) bond motifs is 1. The predicted molar refractivity (Wildman–Crippen MR) is 111 cm³/mol. The lowest BCUT2D eigenvalue weighted by molar-refractivity contribution is -0.365. The van der Waals surface area contributed by atoms with Crippen molar-refractivity contribution in [1.29, 1.82) is 0 Å². The minimum atomic E-state index is -1.17. The van der Waals surface area contributed by atoms with Gasteiger partial charge in [-0.15, -0.1) is 0 Å². The molecule has 1 amide bonds. The Labute approximate surface area is 175 Å². The Balaban J connectivity index is 1.74. The highest BCUT2D eigenvalue weighted by molar-refractivity contribution is 5.95. The molecule has 3 rings (SSSR count). The summed E-state index contributed by atoms with van der Waals surface area (Å²) in [7, 11) is 0. The number of H-pyrrole nitrogens is 1. The molecule has 0 aliphatic carbocycles. The normalized spacial score (nSPS) is 11.5. The van der Waals surface area contributed by atoms with Gasteiger partial charge in [-0.05, 0) is 17.7 Å². The Morgan fingerprint density at radius 3 is 2.77 bits per heavy atom. The first-order chi connectivity index (χ1) is 14.8. The van der Waals surface area contributed by atoms with Crippen LogP contribution in [0.5, 0.6) is 0 Å². The molecule has 8 N–H and O–H groups in total. The zero-order valence-electron chi connectivity index (χ0n) is 16.3. The number of hydrogen-bond acceptors (Lipinski definition) is 6. The van der Waals surface area contributed by atoms with Crippen LogP contribution in [-0.2, 0) is 11.3 Å². The van der Waals surface area contributed by atoms with Crippen molar-refractivity contribution in [2.24, 2.45) is 16.5 Å². The summed E-state index contributed by atoms with van der Waals surface area (Å²) in [6, 6.07) is 6.60. The monoisotopic (exact) mass is 425 g/mol. The van der Waals surface area contributed by atoms with Crippen molar-refractivity contribution in [3.05, 3.63) is 70.4 Å². The van der Waals surface area contributed by atoms with E-state index in [0.29, 0.717) is 11.1 Å². The number of carbonyl (C=O) groups excluding carboxylic acids is 1. The molecule has 0 fully saturated rings. The molecular formula is C19H21N8O4+. The van der Waals surface area contributed by atoms with E-state index >= 15 is 0 Å². The van der Waals surface area contributed by atoms with Gasteiger partial charge in [-0.3, -0.25) is 19.3 Å². The average molecular weight is 425 g/mol. The molecule has 160 valence electrons. The molecule has 12 heteroatoms. The van der Waals surface area contributed by atoms with Crippen molar-refractivity contribution < 1.29 is 19.7 Å². The second-order valence-electron chi connectivity index (χ2n) is 6.53. The van der Waals surface area contributed by atoms with Crippen LogP contribution in [0.1, 0.15) is 15.9 Å². The number of nitrogens with two attached hydrogens (primary N) is 2. The molecule has 0 spiro atoms. The van der Waals surface area contributed by atoms with E-state index in [0.717, 1.165) is 0 Å². The number of aliphatic carboxylic acids is 1. The first kappa shape index (κ1) is 21.2. The molecule has 0 radical (unpaired) electrons. The summed E-state index contributed by atoms with van der Waals surface area (Å²) in [5, 5.41) is 14.6. The zero-order valence-corrected chi connectivity index (χ0v) is 16.3. The topological polar surface area (TPSA) is 191 Å². The van der Waals surface area contributed by atoms with Crippen molar-refractivity contribution in [1.82, 2.24) is 14.7 Å². The van der Waals surface area contributed by atoms with E-state index in [1.165, 1.54) is 22.7 Å². The van der Waals surface area contributed by atoms with E-state index in [-0.39, 0.29) is 30.6 Å². The SMILES string of the molecule is NC(N)=NCc1ccc2cc(C(=O)NCC(Nc3nccc[nH+]3)C(=O)O)cc(=O)n2c1. The molecule has 3 aromatic rings. The molecule has 1 atom stereocenters. The number of hydrogen-bond donors (Lipinski definition) is 5. The minimum absolute atomic E-state index is 0.0606. The van der Waals surface area contributed by atoms with Gasteiger partial charge in [0.15, 0.2) is 12.0 Å². The van der Waals surface area contributed by atoms with Crippen LogP contribution in [0, 0.1) is 0 Å². The van der Waals surface area contributed by atoms with Gasteiger partial charge in [-0.1, -0.05) is 11.1 Å². The summed E-state index contributed by atoms with van der Waals surface area (Å²) in [6.45, 7) is -0.0143. The van der Waals surface area contributed by atoms with Crippen LogP contribution >= 0.6 is 0 Å². The number of carboxylic acids is 1. The quantitative estimate of drug-likeness (QED) is 0.214. The summed E-state index contributed by atoms with van der Waals surface area (Å²) >= 11 is 0. The zero-order chi connectivity index (χ0) is 22.4. The number of anilines is 1. The largest absolute Gasteiger partial charge is 0.479 e. The summed E-state index contributed by atoms with van der Waals surface area (Å²) in [5.74, 6) is -1.58. The van der Waals surface area contributed by atoms with Gasteiger partial charge in [0.05, 0.1) is 19.3 Å². The van der Waals surface area contributed by atoms with E-state index in [1.54, 1.807) is 30.6 Å². The number of aliphatic imine (C=N–C) groups is 1. The summed E-state index contributed by atoms with van der Waals surface area (Å²) < 4.78 is 1.37. The van der Waals surface area contributed by atoms with Crippen molar-refractivity contribution >= 4 is 29.3 Å². The maximum atomic E-state index is 12.5. The molecule has 0 saturated heterocycles. The average Bonchev–Trinajstić information content (AvgIpc) is 2.75. The van der Waals surface area contributed by atoms with Gasteiger partial charge >= 0.3 is 11.9 Å². The molecular weight excluding hydrogens is 404 g/mol. The van der Waals surface area contributed by atoms with Crippen molar-refractivity contribution in [3.63, 3.8) is 0 Å². The first-order valence-corrected chi connectivity index (χ1v) is 9.14. The van der Waals surface area contributed by atoms with Gasteiger partial charge in [0, 0.05) is 29.4 Å². The molecule has 1 unspecified atom stereocenters. The van der Waals surface area contributed by atoms with Gasteiger partial charge < -0.3 is 21.9 Å². The maximum absolute atomic E-state index is 12.5. The van der Waals surface area contributed by atoms with Gasteiger partial charge in [-0.2, -0.15) is 0 Å². The highest BCUT2D eigenvalue weighted by Gasteiger charge is 2.23. The lowest BCUT2D eigenvalue weighted by Crippen LogP contribution is -2.43. The highest BCUT2D eigenvalue weighted by atomic mass is 16.4. The second-order valence-corrected chi connectivity index (χ2v) is 6.53. The molecule has 0 aromatic carbocycles. The number of aromatic nitrogens is 3. The third-order valence-corrected chi connectivity index (χ3v) is 4.25. The number of nitrogens with one attached hydrogen (secondary N) is 3. The summed E-state index contributed by atoms with van der Waals surface area (Å²) in [4.78, 5) is 47.1. The van der Waals surface area contributed by atoms with E-state index in [1.807, 2.05) is 0 Å². The molecule has 31 heavy (non-hydrogen) atoms. The van der Waals surface area contributed by atoms with Crippen molar-refractivity contribution in [2.45, 2.75) is 12.6 Å². The van der Waals surface area contributed by atoms with E-state index in [2.05, 4.69) is 25.6 Å². The lowest BCUT2D eigenvalue weighted by atomic mass is 10.2. The Hall–Kier alpha value is -4.48. The van der Waals surface area contributed by atoms with E-state index in [4.69, 9.17) is 11.5 Å². The van der Waals surface area contributed by atoms with Crippen molar-refractivity contribution in [2.75, 3.05) is 11.9 Å². The Bertz CT molecular complexity index is 1190. The third-order valence-electron chi connectivity index (χ3n) is 4.25. The van der Waals surface area contributed by atoms with E-state index in [9.17, 15) is 19.5 Å². The molecule has 0 aliphatic heterocycles. The maximum Gasteiger partial charge on any atom is 0.389 e. The minimum Gasteiger partial charge on any atom is -0.479 e. The number of aromatic amines is 1. The Morgan fingerprint density at radius 1 is 1.29 bits per heavy atom. The van der Waals surface area contributed by atoms with Gasteiger partial charge in [0.2, 0.25) is 0 Å². The Kier molecular flexibility index (Phi) is 6.40. The van der Waals surface area contributed by atoms with Crippen LogP contribution in [0.4, 0.5) is 5.95 Å². The van der Waals surface area contributed by atoms with Gasteiger partial charge in [-0.25, -0.2) is 14.8 Å². The van der Waals surface area contributed by atoms with Crippen LogP contribution in [0.15, 0.2) is 58.7 Å². The number of pyridine rings is 2. The standard InChI is InChI=1S/C19H20N8O4/c20-18(21)25-8-11-2-3-13-6-12(7-15(28)27(13)10-11)16(29)24-9-14(17(30)31)26-19-22-4-1-5-23-19/h1-7,10,14H,8-9H2,(H,24,29)(H,30,31)(H4,20,21,25)(H,22,23,26)/p+1. The van der Waals surface area contributed by atoms with Crippen LogP contribution in [0.2, 0.25) is 0 Å². The fourth-order valence-corrected chi connectivity index (χ4v) is 2.74. The number of amides is 1. The van der Waals surface area contributed by atoms with Crippen LogP contribution in [0.25, 0.3) is 5.52 Å². The highest BCUT2D eigenvalue weighted by Crippen LogP contribution is 2.08. The van der Waals surface area contributed by atoms with Crippen LogP contribution in [0.3, 0.4) is 0 Å². The molecule has 3 heterocycles.